The second-order valence-electron chi connectivity index (χ2n) is 5.34. The number of hydrogen-bond donors (Lipinski definition) is 0. The molecule has 0 aliphatic rings. The van der Waals surface area contributed by atoms with Gasteiger partial charge in [0.05, 0.1) is 10.9 Å². The topological polar surface area (TPSA) is 50.5 Å². The van der Waals surface area contributed by atoms with Crippen LogP contribution >= 0.6 is 0 Å². The van der Waals surface area contributed by atoms with Crippen LogP contribution in [0.2, 0.25) is 0 Å². The van der Waals surface area contributed by atoms with Gasteiger partial charge < -0.3 is 4.42 Å². The molecule has 6 heteroatoms. The summed E-state index contributed by atoms with van der Waals surface area (Å²) in [4.78, 5) is -0.0806. The Morgan fingerprint density at radius 3 is 2.52 bits per heavy atom. The Kier molecular flexibility index (Phi) is 3.95. The van der Waals surface area contributed by atoms with Crippen molar-refractivity contribution in [3.8, 4) is 0 Å². The first-order valence-electron chi connectivity index (χ1n) is 7.11. The molecule has 3 aromatic rings. The van der Waals surface area contributed by atoms with Gasteiger partial charge in [-0.3, -0.25) is 0 Å². The van der Waals surface area contributed by atoms with Gasteiger partial charge in [0.2, 0.25) is 10.0 Å². The summed E-state index contributed by atoms with van der Waals surface area (Å²) >= 11 is 0. The van der Waals surface area contributed by atoms with Crippen molar-refractivity contribution in [3.63, 3.8) is 0 Å². The van der Waals surface area contributed by atoms with Gasteiger partial charge in [0, 0.05) is 12.4 Å². The van der Waals surface area contributed by atoms with Crippen molar-refractivity contribution in [2.75, 3.05) is 7.05 Å². The molecule has 0 fully saturated rings. The Hall–Kier alpha value is -2.18. The third-order valence-electron chi connectivity index (χ3n) is 3.87. The van der Waals surface area contributed by atoms with E-state index in [1.807, 2.05) is 30.3 Å². The van der Waals surface area contributed by atoms with Crippen LogP contribution in [0.15, 0.2) is 63.9 Å². The number of rotatable bonds is 4. The van der Waals surface area contributed by atoms with Gasteiger partial charge in [-0.05, 0) is 37.3 Å². The molecule has 0 saturated heterocycles. The number of furan rings is 1. The highest BCUT2D eigenvalue weighted by atomic mass is 32.2. The van der Waals surface area contributed by atoms with Crippen molar-refractivity contribution in [2.24, 2.45) is 0 Å². The molecule has 0 saturated carbocycles. The zero-order chi connectivity index (χ0) is 16.6. The number of hydrogen-bond acceptors (Lipinski definition) is 3. The van der Waals surface area contributed by atoms with Crippen molar-refractivity contribution in [1.29, 1.82) is 0 Å². The van der Waals surface area contributed by atoms with E-state index in [0.29, 0.717) is 11.3 Å². The standard InChI is InChI=1S/C17H16FNO3S/c1-12(17-10-13-6-3-4-9-16(13)22-17)19(2)23(20,21)15-8-5-7-14(18)11-15/h3-12H,1-2H3/t12-/m0/s1. The molecule has 0 bridgehead atoms. The van der Waals surface area contributed by atoms with Crippen molar-refractivity contribution in [3.05, 3.63) is 66.2 Å². The number of benzene rings is 2. The summed E-state index contributed by atoms with van der Waals surface area (Å²) < 4.78 is 45.5. The summed E-state index contributed by atoms with van der Waals surface area (Å²) in [6.07, 6.45) is 0. The average molecular weight is 333 g/mol. The third kappa shape index (κ3) is 2.87. The first-order valence-corrected chi connectivity index (χ1v) is 8.55. The second-order valence-corrected chi connectivity index (χ2v) is 7.34. The molecular weight excluding hydrogens is 317 g/mol. The predicted octanol–water partition coefficient (Wildman–Crippen LogP) is 3.95. The van der Waals surface area contributed by atoms with Crippen LogP contribution in [0, 0.1) is 5.82 Å². The van der Waals surface area contributed by atoms with Crippen LogP contribution in [-0.4, -0.2) is 19.8 Å². The number of fused-ring (bicyclic) bond motifs is 1. The highest BCUT2D eigenvalue weighted by Crippen LogP contribution is 2.30. The summed E-state index contributed by atoms with van der Waals surface area (Å²) in [6, 6.07) is 13.7. The molecule has 0 aliphatic carbocycles. The normalized spacial score (nSPS) is 13.6. The summed E-state index contributed by atoms with van der Waals surface area (Å²) in [6.45, 7) is 1.73. The van der Waals surface area contributed by atoms with E-state index in [0.717, 1.165) is 11.5 Å². The van der Waals surface area contributed by atoms with E-state index in [1.165, 1.54) is 29.6 Å². The highest BCUT2D eigenvalue weighted by Gasteiger charge is 2.28. The average Bonchev–Trinajstić information content (AvgIpc) is 2.97. The lowest BCUT2D eigenvalue weighted by Gasteiger charge is -2.22. The van der Waals surface area contributed by atoms with Crippen LogP contribution < -0.4 is 0 Å². The lowest BCUT2D eigenvalue weighted by molar-refractivity contribution is 0.348. The van der Waals surface area contributed by atoms with Gasteiger partial charge in [0.25, 0.3) is 0 Å². The molecule has 0 unspecified atom stereocenters. The number of halogens is 1. The quantitative estimate of drug-likeness (QED) is 0.726. The molecule has 4 nitrogen and oxygen atoms in total. The second kappa shape index (κ2) is 5.79. The van der Waals surface area contributed by atoms with Gasteiger partial charge in [-0.2, -0.15) is 4.31 Å². The molecule has 1 aromatic heterocycles. The Morgan fingerprint density at radius 1 is 1.09 bits per heavy atom. The van der Waals surface area contributed by atoms with Gasteiger partial charge >= 0.3 is 0 Å². The minimum atomic E-state index is -3.81. The smallest absolute Gasteiger partial charge is 0.243 e. The Balaban J connectivity index is 1.96. The maximum Gasteiger partial charge on any atom is 0.243 e. The minimum absolute atomic E-state index is 0.0806. The van der Waals surface area contributed by atoms with Gasteiger partial charge in [0.15, 0.2) is 0 Å². The Labute approximate surface area is 134 Å². The van der Waals surface area contributed by atoms with Crippen molar-refractivity contribution < 1.29 is 17.2 Å². The monoisotopic (exact) mass is 333 g/mol. The van der Waals surface area contributed by atoms with E-state index in [-0.39, 0.29) is 4.90 Å². The van der Waals surface area contributed by atoms with E-state index in [1.54, 1.807) is 6.92 Å². The van der Waals surface area contributed by atoms with Gasteiger partial charge in [-0.15, -0.1) is 0 Å². The third-order valence-corrected chi connectivity index (χ3v) is 5.80. The molecule has 0 spiro atoms. The van der Waals surface area contributed by atoms with E-state index in [2.05, 4.69) is 0 Å². The molecule has 0 radical (unpaired) electrons. The van der Waals surface area contributed by atoms with Crippen LogP contribution in [0.5, 0.6) is 0 Å². The van der Waals surface area contributed by atoms with Crippen LogP contribution in [-0.2, 0) is 10.0 Å². The zero-order valence-electron chi connectivity index (χ0n) is 12.7. The maximum atomic E-state index is 13.3. The van der Waals surface area contributed by atoms with E-state index >= 15 is 0 Å². The first kappa shape index (κ1) is 15.7. The summed E-state index contributed by atoms with van der Waals surface area (Å²) in [5.74, 6) is -0.0513. The van der Waals surface area contributed by atoms with Gasteiger partial charge in [0.1, 0.15) is 17.2 Å². The lowest BCUT2D eigenvalue weighted by atomic mass is 10.2. The molecule has 0 N–H and O–H groups in total. The Morgan fingerprint density at radius 2 is 1.83 bits per heavy atom. The Bertz CT molecular complexity index is 916. The van der Waals surface area contributed by atoms with Gasteiger partial charge in [-0.25, -0.2) is 12.8 Å². The summed E-state index contributed by atoms with van der Waals surface area (Å²) in [5, 5.41) is 0.908. The minimum Gasteiger partial charge on any atom is -0.459 e. The molecular formula is C17H16FNO3S. The van der Waals surface area contributed by atoms with E-state index in [4.69, 9.17) is 4.42 Å². The summed E-state index contributed by atoms with van der Waals surface area (Å²) in [7, 11) is -2.36. The molecule has 120 valence electrons. The van der Waals surface area contributed by atoms with Crippen molar-refractivity contribution in [1.82, 2.24) is 4.31 Å². The largest absolute Gasteiger partial charge is 0.459 e. The molecule has 0 aliphatic heterocycles. The molecule has 1 heterocycles. The zero-order valence-corrected chi connectivity index (χ0v) is 13.5. The predicted molar refractivity (Wildman–Crippen MR) is 86.0 cm³/mol. The van der Waals surface area contributed by atoms with E-state index < -0.39 is 21.9 Å². The lowest BCUT2D eigenvalue weighted by Crippen LogP contribution is -2.29. The van der Waals surface area contributed by atoms with Crippen LogP contribution in [0.3, 0.4) is 0 Å². The SMILES string of the molecule is C[C@@H](c1cc2ccccc2o1)N(C)S(=O)(=O)c1cccc(F)c1. The number of nitrogens with zero attached hydrogens (tertiary/aromatic N) is 1. The van der Waals surface area contributed by atoms with Crippen molar-refractivity contribution in [2.45, 2.75) is 17.9 Å². The first-order chi connectivity index (χ1) is 10.9. The number of sulfonamides is 1. The molecule has 0 amide bonds. The maximum absolute atomic E-state index is 13.3. The van der Waals surface area contributed by atoms with Crippen LogP contribution in [0.25, 0.3) is 11.0 Å². The fraction of sp³-hybridized carbons (Fsp3) is 0.176. The fourth-order valence-corrected chi connectivity index (χ4v) is 3.75. The van der Waals surface area contributed by atoms with Crippen LogP contribution in [0.1, 0.15) is 18.7 Å². The molecule has 3 rings (SSSR count). The van der Waals surface area contributed by atoms with Gasteiger partial charge in [-0.1, -0.05) is 24.3 Å². The number of para-hydroxylation sites is 1. The van der Waals surface area contributed by atoms with E-state index in [9.17, 15) is 12.8 Å². The highest BCUT2D eigenvalue weighted by molar-refractivity contribution is 7.89. The molecule has 2 aromatic carbocycles. The fourth-order valence-electron chi connectivity index (χ4n) is 2.39. The molecule has 1 atom stereocenters. The molecule has 23 heavy (non-hydrogen) atoms. The summed E-state index contributed by atoms with van der Waals surface area (Å²) in [5.41, 5.74) is 0.700. The van der Waals surface area contributed by atoms with Crippen molar-refractivity contribution >= 4 is 21.0 Å². The van der Waals surface area contributed by atoms with Crippen LogP contribution in [0.4, 0.5) is 4.39 Å².